The highest BCUT2D eigenvalue weighted by Gasteiger charge is 2.19. The van der Waals surface area contributed by atoms with Crippen LogP contribution in [0.3, 0.4) is 0 Å². The zero-order chi connectivity index (χ0) is 20.5. The van der Waals surface area contributed by atoms with Gasteiger partial charge in [0.25, 0.3) is 0 Å². The minimum atomic E-state index is -0.536. The molecule has 0 aromatic rings. The number of amides is 2. The summed E-state index contributed by atoms with van der Waals surface area (Å²) in [5.41, 5.74) is -1.07. The molecule has 0 rings (SSSR count). The van der Waals surface area contributed by atoms with Crippen LogP contribution in [0.5, 0.6) is 0 Å². The molecule has 0 heterocycles. The van der Waals surface area contributed by atoms with Gasteiger partial charge < -0.3 is 30.7 Å². The first kappa shape index (κ1) is 24.2. The predicted molar refractivity (Wildman–Crippen MR) is 106 cm³/mol. The van der Waals surface area contributed by atoms with E-state index in [9.17, 15) is 9.59 Å². The van der Waals surface area contributed by atoms with Gasteiger partial charge in [0, 0.05) is 25.2 Å². The van der Waals surface area contributed by atoms with Gasteiger partial charge in [0.05, 0.1) is 0 Å². The fourth-order valence-corrected chi connectivity index (χ4v) is 1.84. The average molecular weight is 391 g/mol. The molecule has 0 unspecified atom stereocenters. The van der Waals surface area contributed by atoms with Crippen LogP contribution in [0.4, 0.5) is 9.59 Å². The number of alkyl carbamates (subject to hydrolysis) is 2. The third-order valence-corrected chi connectivity index (χ3v) is 2.95. The van der Waals surface area contributed by atoms with E-state index in [1.165, 1.54) is 0 Å². The van der Waals surface area contributed by atoms with Crippen LogP contribution in [0.25, 0.3) is 0 Å². The monoisotopic (exact) mass is 390 g/mol. The van der Waals surface area contributed by atoms with Gasteiger partial charge in [-0.05, 0) is 67.6 Å². The van der Waals surface area contributed by atoms with Crippen LogP contribution in [0.2, 0.25) is 0 Å². The Morgan fingerprint density at radius 2 is 1.12 bits per heavy atom. The number of hydrogen-bond acceptors (Lipinski definition) is 5. The van der Waals surface area contributed by atoms with Gasteiger partial charge in [-0.2, -0.15) is 0 Å². The Hall–Kier alpha value is -1.77. The van der Waals surface area contributed by atoms with Crippen molar-refractivity contribution in [2.75, 3.05) is 13.1 Å². The lowest BCUT2D eigenvalue weighted by molar-refractivity contribution is 0.0498. The van der Waals surface area contributed by atoms with Crippen molar-refractivity contribution in [3.05, 3.63) is 0 Å². The Labute approximate surface area is 162 Å². The number of rotatable bonds is 6. The van der Waals surface area contributed by atoms with Crippen molar-refractivity contribution in [1.29, 1.82) is 0 Å². The third-order valence-electron chi connectivity index (χ3n) is 2.66. The summed E-state index contributed by atoms with van der Waals surface area (Å²) in [5.74, 6) is 0. The molecule has 0 aromatic carbocycles. The Balaban J connectivity index is 4.01. The molecule has 8 nitrogen and oxygen atoms in total. The van der Waals surface area contributed by atoms with Gasteiger partial charge in [0.15, 0.2) is 5.11 Å². The average Bonchev–Trinajstić information content (AvgIpc) is 2.38. The zero-order valence-corrected chi connectivity index (χ0v) is 17.9. The fraction of sp³-hybridized carbons (Fsp3) is 0.824. The summed E-state index contributed by atoms with van der Waals surface area (Å²) in [4.78, 5) is 23.3. The first-order valence-electron chi connectivity index (χ1n) is 8.68. The first-order valence-corrected chi connectivity index (χ1v) is 9.09. The molecule has 0 saturated carbocycles. The number of hydrogen-bond donors (Lipinski definition) is 4. The standard InChI is InChI=1S/C17H34N4O4S/c1-11(20-14(22)24-16(3,4)5)9-18-13(26)19-10-12(2)21-15(23)25-17(6,7)8/h11-12H,9-10H2,1-8H3,(H,20,22)(H,21,23)(H2,18,19,26)/t11-,12-/m0/s1. The SMILES string of the molecule is C[C@@H](CNC(=S)NC[C@H](C)NC(=O)OC(C)(C)C)NC(=O)OC(C)(C)C. The third kappa shape index (κ3) is 14.6. The van der Waals surface area contributed by atoms with Crippen LogP contribution in [0.15, 0.2) is 0 Å². The second kappa shape index (κ2) is 10.4. The summed E-state index contributed by atoms with van der Waals surface area (Å²) >= 11 is 5.18. The summed E-state index contributed by atoms with van der Waals surface area (Å²) < 4.78 is 10.4. The molecule has 0 aromatic heterocycles. The van der Waals surface area contributed by atoms with Gasteiger partial charge in [-0.25, -0.2) is 9.59 Å². The van der Waals surface area contributed by atoms with Gasteiger partial charge in [-0.3, -0.25) is 0 Å². The minimum Gasteiger partial charge on any atom is -0.444 e. The minimum absolute atomic E-state index is 0.165. The molecule has 0 aliphatic carbocycles. The lowest BCUT2D eigenvalue weighted by atomic mass is 10.2. The van der Waals surface area contributed by atoms with Crippen molar-refractivity contribution < 1.29 is 19.1 Å². The van der Waals surface area contributed by atoms with Crippen molar-refractivity contribution in [3.8, 4) is 0 Å². The van der Waals surface area contributed by atoms with Gasteiger partial charge in [0.2, 0.25) is 0 Å². The molecule has 0 saturated heterocycles. The molecule has 2 amide bonds. The normalized spacial score (nSPS) is 13.8. The topological polar surface area (TPSA) is 101 Å². The Kier molecular flexibility index (Phi) is 9.69. The predicted octanol–water partition coefficient (Wildman–Crippen LogP) is 2.28. The quantitative estimate of drug-likeness (QED) is 0.516. The van der Waals surface area contributed by atoms with Gasteiger partial charge >= 0.3 is 12.2 Å². The highest BCUT2D eigenvalue weighted by molar-refractivity contribution is 7.80. The molecule has 0 aliphatic rings. The molecule has 152 valence electrons. The van der Waals surface area contributed by atoms with E-state index in [1.807, 2.05) is 13.8 Å². The van der Waals surface area contributed by atoms with E-state index >= 15 is 0 Å². The van der Waals surface area contributed by atoms with Gasteiger partial charge in [0.1, 0.15) is 11.2 Å². The van der Waals surface area contributed by atoms with Crippen LogP contribution in [0.1, 0.15) is 55.4 Å². The zero-order valence-electron chi connectivity index (χ0n) is 17.1. The van der Waals surface area contributed by atoms with Gasteiger partial charge in [-0.1, -0.05) is 0 Å². The van der Waals surface area contributed by atoms with Crippen molar-refractivity contribution in [2.45, 2.75) is 78.7 Å². The van der Waals surface area contributed by atoms with E-state index in [1.54, 1.807) is 41.5 Å². The molecular formula is C17H34N4O4S. The highest BCUT2D eigenvalue weighted by Crippen LogP contribution is 2.07. The lowest BCUT2D eigenvalue weighted by Gasteiger charge is -2.23. The van der Waals surface area contributed by atoms with E-state index in [-0.39, 0.29) is 12.1 Å². The number of nitrogens with one attached hydrogen (secondary N) is 4. The van der Waals surface area contributed by atoms with Crippen LogP contribution in [-0.2, 0) is 9.47 Å². The molecule has 0 aliphatic heterocycles. The van der Waals surface area contributed by atoms with E-state index in [4.69, 9.17) is 21.7 Å². The van der Waals surface area contributed by atoms with E-state index in [0.29, 0.717) is 18.2 Å². The van der Waals surface area contributed by atoms with Crippen molar-refractivity contribution >= 4 is 29.5 Å². The van der Waals surface area contributed by atoms with Crippen LogP contribution in [-0.4, -0.2) is 53.7 Å². The summed E-state index contributed by atoms with van der Waals surface area (Å²) in [6.45, 7) is 15.4. The van der Waals surface area contributed by atoms with Gasteiger partial charge in [-0.15, -0.1) is 0 Å². The summed E-state index contributed by atoms with van der Waals surface area (Å²) in [5, 5.41) is 11.9. The summed E-state index contributed by atoms with van der Waals surface area (Å²) in [6, 6.07) is -0.330. The van der Waals surface area contributed by atoms with Crippen molar-refractivity contribution in [3.63, 3.8) is 0 Å². The smallest absolute Gasteiger partial charge is 0.407 e. The molecule has 0 fully saturated rings. The summed E-state index contributed by atoms with van der Waals surface area (Å²) in [6.07, 6.45) is -0.943. The molecule has 4 N–H and O–H groups in total. The highest BCUT2D eigenvalue weighted by atomic mass is 32.1. The molecule has 0 spiro atoms. The molecule has 9 heteroatoms. The van der Waals surface area contributed by atoms with E-state index in [0.717, 1.165) is 0 Å². The Bertz CT molecular complexity index is 444. The van der Waals surface area contributed by atoms with Crippen LogP contribution < -0.4 is 21.3 Å². The van der Waals surface area contributed by atoms with Crippen molar-refractivity contribution in [1.82, 2.24) is 21.3 Å². The summed E-state index contributed by atoms with van der Waals surface area (Å²) in [7, 11) is 0. The first-order chi connectivity index (χ1) is 11.7. The second-order valence-corrected chi connectivity index (χ2v) is 8.59. The number of ether oxygens (including phenoxy) is 2. The largest absolute Gasteiger partial charge is 0.444 e. The van der Waals surface area contributed by atoms with Crippen LogP contribution >= 0.6 is 12.2 Å². The number of carbonyl (C=O) groups is 2. The molecular weight excluding hydrogens is 356 g/mol. The maximum atomic E-state index is 11.7. The Morgan fingerprint density at radius 3 is 1.38 bits per heavy atom. The molecule has 2 atom stereocenters. The van der Waals surface area contributed by atoms with Crippen molar-refractivity contribution in [2.24, 2.45) is 0 Å². The maximum absolute atomic E-state index is 11.7. The van der Waals surface area contributed by atoms with E-state index < -0.39 is 23.4 Å². The van der Waals surface area contributed by atoms with E-state index in [2.05, 4.69) is 21.3 Å². The second-order valence-electron chi connectivity index (χ2n) is 8.19. The van der Waals surface area contributed by atoms with Crippen LogP contribution in [0, 0.1) is 0 Å². The number of thiocarbonyl (C=S) groups is 1. The maximum Gasteiger partial charge on any atom is 0.407 e. The molecule has 26 heavy (non-hydrogen) atoms. The number of carbonyl (C=O) groups excluding carboxylic acids is 2. The molecule has 0 radical (unpaired) electrons. The fourth-order valence-electron chi connectivity index (χ4n) is 1.67. The lowest BCUT2D eigenvalue weighted by Crippen LogP contribution is -2.49. The molecule has 0 bridgehead atoms. The Morgan fingerprint density at radius 1 is 0.808 bits per heavy atom.